The Morgan fingerprint density at radius 1 is 1.23 bits per heavy atom. The summed E-state index contributed by atoms with van der Waals surface area (Å²) in [6.45, 7) is 1.02. The molecule has 116 valence electrons. The highest BCUT2D eigenvalue weighted by molar-refractivity contribution is 5.91. The fourth-order valence-corrected chi connectivity index (χ4v) is 1.79. The van der Waals surface area contributed by atoms with Crippen LogP contribution in [0.4, 0.5) is 8.78 Å². The van der Waals surface area contributed by atoms with Gasteiger partial charge in [0.05, 0.1) is 12.3 Å². The molecule has 1 N–H and O–H groups in total. The van der Waals surface area contributed by atoms with Crippen molar-refractivity contribution in [1.29, 1.82) is 0 Å². The molecule has 0 spiro atoms. The Balaban J connectivity index is 1.90. The van der Waals surface area contributed by atoms with E-state index in [9.17, 15) is 18.4 Å². The number of ether oxygens (including phenoxy) is 1. The van der Waals surface area contributed by atoms with Gasteiger partial charge in [-0.3, -0.25) is 4.79 Å². The van der Waals surface area contributed by atoms with Crippen LogP contribution in [-0.2, 0) is 9.53 Å². The van der Waals surface area contributed by atoms with Gasteiger partial charge in [0.25, 0.3) is 5.91 Å². The zero-order chi connectivity index (χ0) is 16.1. The summed E-state index contributed by atoms with van der Waals surface area (Å²) < 4.78 is 36.4. The van der Waals surface area contributed by atoms with Gasteiger partial charge >= 0.3 is 5.97 Å². The molecule has 2 rings (SSSR count). The van der Waals surface area contributed by atoms with Crippen molar-refractivity contribution in [3.8, 4) is 0 Å². The topological polar surface area (TPSA) is 68.5 Å². The number of nitrogens with one attached hydrogen (secondary N) is 1. The van der Waals surface area contributed by atoms with E-state index >= 15 is 0 Å². The number of furan rings is 1. The van der Waals surface area contributed by atoms with Crippen LogP contribution < -0.4 is 5.32 Å². The van der Waals surface area contributed by atoms with Gasteiger partial charge in [-0.05, 0) is 31.2 Å². The Bertz CT molecular complexity index is 650. The lowest BCUT2D eigenvalue weighted by atomic mass is 10.2. The van der Waals surface area contributed by atoms with E-state index in [4.69, 9.17) is 4.42 Å². The smallest absolute Gasteiger partial charge is 0.344 e. The van der Waals surface area contributed by atoms with E-state index in [0.29, 0.717) is 5.76 Å². The largest absolute Gasteiger partial charge is 0.467 e. The average Bonchev–Trinajstić information content (AvgIpc) is 2.99. The molecule has 22 heavy (non-hydrogen) atoms. The standard InChI is InChI=1S/C15H13F2NO4/c1-9(12-6-3-7-21-12)18-13(19)8-22-15(20)14-10(16)4-2-5-11(14)17/h2-7,9H,8H2,1H3,(H,18,19)/t9-/m1/s1. The summed E-state index contributed by atoms with van der Waals surface area (Å²) in [7, 11) is 0. The Morgan fingerprint density at radius 2 is 1.91 bits per heavy atom. The van der Waals surface area contributed by atoms with Crippen molar-refractivity contribution in [3.63, 3.8) is 0 Å². The van der Waals surface area contributed by atoms with Gasteiger partial charge in [-0.1, -0.05) is 6.07 Å². The number of hydrogen-bond donors (Lipinski definition) is 1. The molecule has 0 unspecified atom stereocenters. The Labute approximate surface area is 124 Å². The van der Waals surface area contributed by atoms with Gasteiger partial charge in [-0.15, -0.1) is 0 Å². The number of carbonyl (C=O) groups is 2. The minimum absolute atomic E-state index is 0.425. The number of benzene rings is 1. The number of rotatable bonds is 5. The first-order valence-electron chi connectivity index (χ1n) is 6.43. The monoisotopic (exact) mass is 309 g/mol. The van der Waals surface area contributed by atoms with Crippen molar-refractivity contribution in [2.24, 2.45) is 0 Å². The van der Waals surface area contributed by atoms with Gasteiger partial charge in [0.1, 0.15) is 23.0 Å². The minimum atomic E-state index is -1.24. The molecular weight excluding hydrogens is 296 g/mol. The predicted octanol–water partition coefficient (Wildman–Crippen LogP) is 2.59. The molecule has 7 heteroatoms. The summed E-state index contributed by atoms with van der Waals surface area (Å²) in [5.74, 6) is -3.42. The maximum Gasteiger partial charge on any atom is 0.344 e. The van der Waals surface area contributed by atoms with Crippen molar-refractivity contribution in [3.05, 3.63) is 59.6 Å². The summed E-state index contributed by atoms with van der Waals surface area (Å²) in [6.07, 6.45) is 1.46. The average molecular weight is 309 g/mol. The summed E-state index contributed by atoms with van der Waals surface area (Å²) in [4.78, 5) is 23.2. The van der Waals surface area contributed by atoms with Gasteiger partial charge in [-0.25, -0.2) is 13.6 Å². The summed E-state index contributed by atoms with van der Waals surface area (Å²) in [5.41, 5.74) is -0.825. The number of esters is 1. The van der Waals surface area contributed by atoms with E-state index in [1.165, 1.54) is 6.26 Å². The first kappa shape index (κ1) is 15.7. The van der Waals surface area contributed by atoms with E-state index in [1.54, 1.807) is 19.1 Å². The first-order chi connectivity index (χ1) is 10.5. The molecular formula is C15H13F2NO4. The minimum Gasteiger partial charge on any atom is -0.467 e. The van der Waals surface area contributed by atoms with Crippen molar-refractivity contribution in [1.82, 2.24) is 5.32 Å². The molecule has 1 heterocycles. The molecule has 0 aliphatic rings. The lowest BCUT2D eigenvalue weighted by Gasteiger charge is -2.11. The van der Waals surface area contributed by atoms with Crippen LogP contribution in [0.25, 0.3) is 0 Å². The van der Waals surface area contributed by atoms with Crippen molar-refractivity contribution < 1.29 is 27.5 Å². The van der Waals surface area contributed by atoms with Crippen LogP contribution in [0.2, 0.25) is 0 Å². The molecule has 0 fully saturated rings. The summed E-state index contributed by atoms with van der Waals surface area (Å²) in [6, 6.07) is 5.90. The van der Waals surface area contributed by atoms with Gasteiger partial charge < -0.3 is 14.5 Å². The number of amides is 1. The maximum absolute atomic E-state index is 13.4. The van der Waals surface area contributed by atoms with Gasteiger partial charge in [0.2, 0.25) is 0 Å². The molecule has 0 saturated heterocycles. The number of halogens is 2. The van der Waals surface area contributed by atoms with Crippen LogP contribution in [0.3, 0.4) is 0 Å². The van der Waals surface area contributed by atoms with Crippen LogP contribution in [0.1, 0.15) is 29.1 Å². The highest BCUT2D eigenvalue weighted by Crippen LogP contribution is 2.14. The molecule has 5 nitrogen and oxygen atoms in total. The number of carbonyl (C=O) groups excluding carboxylic acids is 2. The Hall–Kier alpha value is -2.70. The van der Waals surface area contributed by atoms with Gasteiger partial charge in [0.15, 0.2) is 6.61 Å². The van der Waals surface area contributed by atoms with Crippen LogP contribution in [-0.4, -0.2) is 18.5 Å². The van der Waals surface area contributed by atoms with Crippen molar-refractivity contribution in [2.75, 3.05) is 6.61 Å². The molecule has 1 aromatic heterocycles. The van der Waals surface area contributed by atoms with Crippen molar-refractivity contribution in [2.45, 2.75) is 13.0 Å². The van der Waals surface area contributed by atoms with Crippen LogP contribution in [0.5, 0.6) is 0 Å². The highest BCUT2D eigenvalue weighted by Gasteiger charge is 2.20. The molecule has 0 saturated carbocycles. The third kappa shape index (κ3) is 3.69. The first-order valence-corrected chi connectivity index (χ1v) is 6.43. The predicted molar refractivity (Wildman–Crippen MR) is 71.9 cm³/mol. The second kappa shape index (κ2) is 6.84. The van der Waals surface area contributed by atoms with E-state index in [2.05, 4.69) is 10.1 Å². The summed E-state index contributed by atoms with van der Waals surface area (Å²) in [5, 5.41) is 2.52. The molecule has 1 amide bonds. The van der Waals surface area contributed by atoms with E-state index in [0.717, 1.165) is 18.2 Å². The normalized spacial score (nSPS) is 11.8. The lowest BCUT2D eigenvalue weighted by molar-refractivity contribution is -0.125. The Kier molecular flexibility index (Phi) is 4.88. The molecule has 0 aliphatic heterocycles. The fraction of sp³-hybridized carbons (Fsp3) is 0.200. The maximum atomic E-state index is 13.4. The zero-order valence-electron chi connectivity index (χ0n) is 11.6. The van der Waals surface area contributed by atoms with Gasteiger partial charge in [-0.2, -0.15) is 0 Å². The fourth-order valence-electron chi connectivity index (χ4n) is 1.79. The van der Waals surface area contributed by atoms with Crippen LogP contribution in [0, 0.1) is 11.6 Å². The molecule has 0 radical (unpaired) electrons. The van der Waals surface area contributed by atoms with E-state index in [-0.39, 0.29) is 0 Å². The molecule has 1 aromatic carbocycles. The molecule has 0 aliphatic carbocycles. The van der Waals surface area contributed by atoms with Crippen LogP contribution in [0.15, 0.2) is 41.0 Å². The Morgan fingerprint density at radius 3 is 2.50 bits per heavy atom. The van der Waals surface area contributed by atoms with Gasteiger partial charge in [0, 0.05) is 0 Å². The second-order valence-corrected chi connectivity index (χ2v) is 4.48. The van der Waals surface area contributed by atoms with Crippen LogP contribution >= 0.6 is 0 Å². The highest BCUT2D eigenvalue weighted by atomic mass is 19.1. The molecule has 2 aromatic rings. The van der Waals surface area contributed by atoms with E-state index < -0.39 is 41.7 Å². The lowest BCUT2D eigenvalue weighted by Crippen LogP contribution is -2.31. The molecule has 1 atom stereocenters. The SMILES string of the molecule is C[C@@H](NC(=O)COC(=O)c1c(F)cccc1F)c1ccco1. The quantitative estimate of drug-likeness (QED) is 0.862. The second-order valence-electron chi connectivity index (χ2n) is 4.48. The van der Waals surface area contributed by atoms with E-state index in [1.807, 2.05) is 0 Å². The third-order valence-corrected chi connectivity index (χ3v) is 2.85. The van der Waals surface area contributed by atoms with Crippen molar-refractivity contribution >= 4 is 11.9 Å². The number of hydrogen-bond acceptors (Lipinski definition) is 4. The third-order valence-electron chi connectivity index (χ3n) is 2.85. The zero-order valence-corrected chi connectivity index (χ0v) is 11.6. The summed E-state index contributed by atoms with van der Waals surface area (Å²) >= 11 is 0. The molecule has 0 bridgehead atoms.